The number of methoxy groups -OCH3 is 1. The van der Waals surface area contributed by atoms with Crippen molar-refractivity contribution in [1.82, 2.24) is 14.9 Å². The third kappa shape index (κ3) is 3.94. The molecule has 0 aromatic carbocycles. The molecule has 0 saturated carbocycles. The molecule has 3 rings (SSSR count). The van der Waals surface area contributed by atoms with E-state index in [1.54, 1.807) is 7.11 Å². The van der Waals surface area contributed by atoms with Gasteiger partial charge >= 0.3 is 0 Å². The van der Waals surface area contributed by atoms with E-state index in [4.69, 9.17) is 9.72 Å². The lowest BCUT2D eigenvalue weighted by Crippen LogP contribution is -2.54. The number of amides is 1. The van der Waals surface area contributed by atoms with E-state index in [2.05, 4.69) is 16.8 Å². The van der Waals surface area contributed by atoms with Gasteiger partial charge in [0.15, 0.2) is 0 Å². The normalized spacial score (nSPS) is 24.2. The average molecular weight is 346 g/mol. The summed E-state index contributed by atoms with van der Waals surface area (Å²) in [6, 6.07) is 0. The first kappa shape index (κ1) is 18.1. The third-order valence-corrected chi connectivity index (χ3v) is 5.62. The smallest absolute Gasteiger partial charge is 0.222 e. The fourth-order valence-corrected chi connectivity index (χ4v) is 4.24. The molecule has 1 atom stereocenters. The van der Waals surface area contributed by atoms with Gasteiger partial charge in [0.1, 0.15) is 11.6 Å². The summed E-state index contributed by atoms with van der Waals surface area (Å²) in [6.45, 7) is 8.28. The molecule has 6 heteroatoms. The van der Waals surface area contributed by atoms with E-state index in [9.17, 15) is 4.79 Å². The van der Waals surface area contributed by atoms with Crippen molar-refractivity contribution in [3.63, 3.8) is 0 Å². The van der Waals surface area contributed by atoms with Gasteiger partial charge in [0, 0.05) is 56.9 Å². The quantitative estimate of drug-likeness (QED) is 0.818. The van der Waals surface area contributed by atoms with E-state index in [0.717, 1.165) is 50.5 Å². The van der Waals surface area contributed by atoms with Crippen LogP contribution in [0.2, 0.25) is 0 Å². The predicted molar refractivity (Wildman–Crippen MR) is 97.7 cm³/mol. The van der Waals surface area contributed by atoms with Crippen molar-refractivity contribution >= 4 is 11.7 Å². The van der Waals surface area contributed by atoms with E-state index in [-0.39, 0.29) is 11.3 Å². The number of aryl methyl sites for hydroxylation is 2. The molecule has 1 aromatic heterocycles. The van der Waals surface area contributed by atoms with Crippen LogP contribution >= 0.6 is 0 Å². The van der Waals surface area contributed by atoms with Crippen LogP contribution in [-0.4, -0.2) is 60.7 Å². The first-order valence-electron chi connectivity index (χ1n) is 9.41. The molecular weight excluding hydrogens is 316 g/mol. The second kappa shape index (κ2) is 7.68. The number of hydrogen-bond acceptors (Lipinski definition) is 5. The van der Waals surface area contributed by atoms with Crippen molar-refractivity contribution < 1.29 is 9.53 Å². The zero-order chi connectivity index (χ0) is 17.9. The summed E-state index contributed by atoms with van der Waals surface area (Å²) in [5.41, 5.74) is 1.40. The van der Waals surface area contributed by atoms with Gasteiger partial charge in [0.2, 0.25) is 5.91 Å². The highest BCUT2D eigenvalue weighted by Gasteiger charge is 2.42. The highest BCUT2D eigenvalue weighted by molar-refractivity contribution is 5.77. The molecule has 6 nitrogen and oxygen atoms in total. The molecule has 0 aliphatic carbocycles. The number of hydrogen-bond donors (Lipinski definition) is 0. The molecule has 3 heterocycles. The van der Waals surface area contributed by atoms with Gasteiger partial charge in [-0.2, -0.15) is 0 Å². The van der Waals surface area contributed by atoms with E-state index in [1.165, 1.54) is 12.0 Å². The van der Waals surface area contributed by atoms with Crippen molar-refractivity contribution in [2.45, 2.75) is 46.0 Å². The average Bonchev–Trinajstić information content (AvgIpc) is 2.63. The summed E-state index contributed by atoms with van der Waals surface area (Å²) < 4.78 is 5.18. The molecule has 0 unspecified atom stereocenters. The van der Waals surface area contributed by atoms with E-state index in [0.29, 0.717) is 19.6 Å². The summed E-state index contributed by atoms with van der Waals surface area (Å²) >= 11 is 0. The number of carbonyl (C=O) groups is 1. The highest BCUT2D eigenvalue weighted by atomic mass is 16.5. The van der Waals surface area contributed by atoms with Crippen molar-refractivity contribution in [2.75, 3.05) is 44.8 Å². The van der Waals surface area contributed by atoms with Crippen LogP contribution < -0.4 is 4.90 Å². The number of piperidine rings is 2. The number of rotatable bonds is 5. The molecule has 2 saturated heterocycles. The van der Waals surface area contributed by atoms with Crippen molar-refractivity contribution in [3.8, 4) is 0 Å². The first-order valence-corrected chi connectivity index (χ1v) is 9.41. The second-order valence-corrected chi connectivity index (χ2v) is 7.45. The number of carbonyl (C=O) groups excluding carboxylic acids is 1. The Labute approximate surface area is 150 Å². The number of nitrogens with zero attached hydrogens (tertiary/aromatic N) is 4. The Balaban J connectivity index is 1.78. The van der Waals surface area contributed by atoms with Crippen LogP contribution in [0.25, 0.3) is 0 Å². The van der Waals surface area contributed by atoms with Crippen LogP contribution in [0.5, 0.6) is 0 Å². The van der Waals surface area contributed by atoms with Gasteiger partial charge in [0.05, 0.1) is 6.61 Å². The topological polar surface area (TPSA) is 58.6 Å². The Bertz CT molecular complexity index is 621. The number of likely N-dealkylation sites (tertiary alicyclic amines) is 1. The molecule has 25 heavy (non-hydrogen) atoms. The van der Waals surface area contributed by atoms with Gasteiger partial charge in [-0.1, -0.05) is 6.92 Å². The van der Waals surface area contributed by atoms with Crippen LogP contribution in [-0.2, 0) is 16.0 Å². The van der Waals surface area contributed by atoms with Crippen molar-refractivity contribution in [1.29, 1.82) is 0 Å². The molecule has 2 fully saturated rings. The van der Waals surface area contributed by atoms with E-state index < -0.39 is 0 Å². The lowest BCUT2D eigenvalue weighted by Gasteiger charge is -2.48. The third-order valence-electron chi connectivity index (χ3n) is 5.62. The van der Waals surface area contributed by atoms with E-state index >= 15 is 0 Å². The standard InChI is InChI=1S/C19H30N4O2/c1-4-16-12-20-15(2)21-18(16)23-9-5-7-19(14-23)8-6-17(24)22(13-19)10-11-25-3/h12H,4-11,13-14H2,1-3H3/t19-/m0/s1. The van der Waals surface area contributed by atoms with Crippen molar-refractivity contribution in [2.24, 2.45) is 5.41 Å². The number of ether oxygens (including phenoxy) is 1. The molecule has 2 aliphatic heterocycles. The Kier molecular flexibility index (Phi) is 5.57. The molecule has 0 radical (unpaired) electrons. The highest BCUT2D eigenvalue weighted by Crippen LogP contribution is 2.40. The van der Waals surface area contributed by atoms with Crippen LogP contribution in [0.4, 0.5) is 5.82 Å². The summed E-state index contributed by atoms with van der Waals surface area (Å²) in [5, 5.41) is 0. The minimum Gasteiger partial charge on any atom is -0.383 e. The number of aromatic nitrogens is 2. The molecule has 1 aromatic rings. The van der Waals surface area contributed by atoms with Gasteiger partial charge < -0.3 is 14.5 Å². The van der Waals surface area contributed by atoms with Gasteiger partial charge in [0.25, 0.3) is 0 Å². The Morgan fingerprint density at radius 1 is 1.32 bits per heavy atom. The maximum atomic E-state index is 12.3. The lowest BCUT2D eigenvalue weighted by atomic mass is 9.73. The number of anilines is 1. The molecule has 0 N–H and O–H groups in total. The lowest BCUT2D eigenvalue weighted by molar-refractivity contribution is -0.138. The van der Waals surface area contributed by atoms with Gasteiger partial charge in [-0.25, -0.2) is 9.97 Å². The first-order chi connectivity index (χ1) is 12.1. The largest absolute Gasteiger partial charge is 0.383 e. The van der Waals surface area contributed by atoms with Crippen molar-refractivity contribution in [3.05, 3.63) is 17.6 Å². The van der Waals surface area contributed by atoms with Gasteiger partial charge in [-0.05, 0) is 32.6 Å². The zero-order valence-corrected chi connectivity index (χ0v) is 15.8. The summed E-state index contributed by atoms with van der Waals surface area (Å²) in [6.07, 6.45) is 6.88. The molecule has 138 valence electrons. The SMILES string of the molecule is CCc1cnc(C)nc1N1CCC[C@@]2(CCC(=O)N(CCOC)C2)C1. The molecular formula is C19H30N4O2. The summed E-state index contributed by atoms with van der Waals surface area (Å²) in [4.78, 5) is 25.8. The van der Waals surface area contributed by atoms with Gasteiger partial charge in [-0.15, -0.1) is 0 Å². The monoisotopic (exact) mass is 346 g/mol. The Hall–Kier alpha value is -1.69. The van der Waals surface area contributed by atoms with Crippen LogP contribution in [0, 0.1) is 12.3 Å². The van der Waals surface area contributed by atoms with Crippen LogP contribution in [0.1, 0.15) is 44.0 Å². The molecule has 0 bridgehead atoms. The maximum absolute atomic E-state index is 12.3. The molecule has 1 amide bonds. The van der Waals surface area contributed by atoms with Gasteiger partial charge in [-0.3, -0.25) is 4.79 Å². The maximum Gasteiger partial charge on any atom is 0.222 e. The molecule has 1 spiro atoms. The summed E-state index contributed by atoms with van der Waals surface area (Å²) in [7, 11) is 1.69. The fraction of sp³-hybridized carbons (Fsp3) is 0.737. The Morgan fingerprint density at radius 2 is 2.16 bits per heavy atom. The Morgan fingerprint density at radius 3 is 2.92 bits per heavy atom. The van der Waals surface area contributed by atoms with E-state index in [1.807, 2.05) is 18.0 Å². The van der Waals surface area contributed by atoms with Crippen LogP contribution in [0.3, 0.4) is 0 Å². The van der Waals surface area contributed by atoms with Crippen LogP contribution in [0.15, 0.2) is 6.20 Å². The second-order valence-electron chi connectivity index (χ2n) is 7.45. The minimum atomic E-state index is 0.184. The summed E-state index contributed by atoms with van der Waals surface area (Å²) in [5.74, 6) is 2.19. The zero-order valence-electron chi connectivity index (χ0n) is 15.8. The molecule has 2 aliphatic rings. The minimum absolute atomic E-state index is 0.184. The predicted octanol–water partition coefficient (Wildman–Crippen LogP) is 2.20. The fourth-order valence-electron chi connectivity index (χ4n) is 4.24.